The Morgan fingerprint density at radius 1 is 1.09 bits per heavy atom. The molecule has 1 aromatic carbocycles. The van der Waals surface area contributed by atoms with E-state index < -0.39 is 10.0 Å². The number of benzene rings is 1. The highest BCUT2D eigenvalue weighted by molar-refractivity contribution is 7.89. The third-order valence-electron chi connectivity index (χ3n) is 5.05. The SMILES string of the molecule is C[C@@H]1CN(S(=O)(=O)C2CCOCC2)CC[C@H]1c1ccccc1. The summed E-state index contributed by atoms with van der Waals surface area (Å²) in [5.74, 6) is 0.813. The van der Waals surface area contributed by atoms with Crippen molar-refractivity contribution >= 4 is 10.0 Å². The molecule has 122 valence electrons. The van der Waals surface area contributed by atoms with Crippen LogP contribution in [0.1, 0.15) is 37.7 Å². The second-order valence-electron chi connectivity index (χ2n) is 6.50. The molecule has 2 saturated heterocycles. The maximum atomic E-state index is 12.8. The van der Waals surface area contributed by atoms with Crippen LogP contribution < -0.4 is 0 Å². The van der Waals surface area contributed by atoms with E-state index in [0.717, 1.165) is 6.42 Å². The zero-order valence-corrected chi connectivity index (χ0v) is 14.0. The first-order chi connectivity index (χ1) is 10.6. The zero-order chi connectivity index (χ0) is 15.6. The first kappa shape index (κ1) is 16.0. The van der Waals surface area contributed by atoms with Crippen LogP contribution >= 0.6 is 0 Å². The van der Waals surface area contributed by atoms with Gasteiger partial charge in [0.15, 0.2) is 0 Å². The van der Waals surface area contributed by atoms with E-state index in [9.17, 15) is 8.42 Å². The first-order valence-electron chi connectivity index (χ1n) is 8.20. The van der Waals surface area contributed by atoms with Crippen molar-refractivity contribution in [2.45, 2.75) is 37.4 Å². The summed E-state index contributed by atoms with van der Waals surface area (Å²) < 4.78 is 32.6. The number of hydrogen-bond donors (Lipinski definition) is 0. The molecule has 5 heteroatoms. The van der Waals surface area contributed by atoms with E-state index in [0.29, 0.717) is 51.0 Å². The molecule has 22 heavy (non-hydrogen) atoms. The van der Waals surface area contributed by atoms with Crippen LogP contribution in [0, 0.1) is 5.92 Å². The van der Waals surface area contributed by atoms with Crippen molar-refractivity contribution in [3.63, 3.8) is 0 Å². The fourth-order valence-electron chi connectivity index (χ4n) is 3.72. The van der Waals surface area contributed by atoms with Crippen molar-refractivity contribution in [3.05, 3.63) is 35.9 Å². The molecule has 2 aliphatic rings. The third-order valence-corrected chi connectivity index (χ3v) is 7.41. The molecule has 0 aromatic heterocycles. The number of sulfonamides is 1. The Bertz CT molecular complexity index is 581. The lowest BCUT2D eigenvalue weighted by atomic mass is 9.82. The molecule has 2 heterocycles. The first-order valence-corrected chi connectivity index (χ1v) is 9.71. The number of ether oxygens (including phenoxy) is 1. The Kier molecular flexibility index (Phi) is 4.85. The summed E-state index contributed by atoms with van der Waals surface area (Å²) in [6, 6.07) is 10.5. The van der Waals surface area contributed by atoms with Crippen molar-refractivity contribution in [1.29, 1.82) is 0 Å². The van der Waals surface area contributed by atoms with Crippen molar-refractivity contribution < 1.29 is 13.2 Å². The molecule has 2 fully saturated rings. The Morgan fingerprint density at radius 2 is 1.77 bits per heavy atom. The lowest BCUT2D eigenvalue weighted by Gasteiger charge is -2.38. The lowest BCUT2D eigenvalue weighted by Crippen LogP contribution is -2.47. The van der Waals surface area contributed by atoms with Gasteiger partial charge in [-0.25, -0.2) is 12.7 Å². The maximum Gasteiger partial charge on any atom is 0.217 e. The number of rotatable bonds is 3. The fourth-order valence-corrected chi connectivity index (χ4v) is 5.73. The average Bonchev–Trinajstić information content (AvgIpc) is 2.56. The Balaban J connectivity index is 1.69. The largest absolute Gasteiger partial charge is 0.381 e. The molecule has 0 unspecified atom stereocenters. The highest BCUT2D eigenvalue weighted by Crippen LogP contribution is 2.35. The summed E-state index contributed by atoms with van der Waals surface area (Å²) in [7, 11) is -3.17. The van der Waals surface area contributed by atoms with Crippen LogP contribution in [0.5, 0.6) is 0 Å². The van der Waals surface area contributed by atoms with E-state index in [4.69, 9.17) is 4.74 Å². The standard InChI is InChI=1S/C17H25NO3S/c1-14-13-18(22(19,20)16-8-11-21-12-9-16)10-7-17(14)15-5-3-2-4-6-15/h2-6,14,16-17H,7-13H2,1H3/t14-,17-/m1/s1. The molecule has 0 radical (unpaired) electrons. The summed E-state index contributed by atoms with van der Waals surface area (Å²) in [5.41, 5.74) is 1.33. The zero-order valence-electron chi connectivity index (χ0n) is 13.1. The van der Waals surface area contributed by atoms with Crippen molar-refractivity contribution in [3.8, 4) is 0 Å². The number of nitrogens with zero attached hydrogens (tertiary/aromatic N) is 1. The Labute approximate surface area is 133 Å². The van der Waals surface area contributed by atoms with Crippen molar-refractivity contribution in [2.24, 2.45) is 5.92 Å². The average molecular weight is 323 g/mol. The minimum Gasteiger partial charge on any atom is -0.381 e. The van der Waals surface area contributed by atoms with Gasteiger partial charge in [0.2, 0.25) is 10.0 Å². The molecule has 0 N–H and O–H groups in total. The predicted molar refractivity (Wildman–Crippen MR) is 87.3 cm³/mol. The van der Waals surface area contributed by atoms with Gasteiger partial charge in [-0.1, -0.05) is 37.3 Å². The van der Waals surface area contributed by atoms with Gasteiger partial charge in [-0.05, 0) is 36.7 Å². The molecule has 0 saturated carbocycles. The highest BCUT2D eigenvalue weighted by atomic mass is 32.2. The van der Waals surface area contributed by atoms with E-state index in [1.54, 1.807) is 4.31 Å². The van der Waals surface area contributed by atoms with E-state index in [2.05, 4.69) is 31.2 Å². The monoisotopic (exact) mass is 323 g/mol. The quantitative estimate of drug-likeness (QED) is 0.859. The molecular formula is C17H25NO3S. The second kappa shape index (κ2) is 6.69. The summed E-state index contributed by atoms with van der Waals surface area (Å²) in [6.07, 6.45) is 2.18. The summed E-state index contributed by atoms with van der Waals surface area (Å²) in [6.45, 7) is 4.59. The summed E-state index contributed by atoms with van der Waals surface area (Å²) in [5, 5.41) is -0.248. The van der Waals surface area contributed by atoms with Crippen LogP contribution in [0.25, 0.3) is 0 Å². The van der Waals surface area contributed by atoms with Gasteiger partial charge in [-0.15, -0.1) is 0 Å². The van der Waals surface area contributed by atoms with Crippen LogP contribution in [0.2, 0.25) is 0 Å². The predicted octanol–water partition coefficient (Wildman–Crippen LogP) is 2.62. The molecule has 3 rings (SSSR count). The van der Waals surface area contributed by atoms with Crippen LogP contribution in [0.15, 0.2) is 30.3 Å². The lowest BCUT2D eigenvalue weighted by molar-refractivity contribution is 0.0965. The number of hydrogen-bond acceptors (Lipinski definition) is 3. The molecule has 2 aliphatic heterocycles. The van der Waals surface area contributed by atoms with Crippen molar-refractivity contribution in [2.75, 3.05) is 26.3 Å². The Morgan fingerprint density at radius 3 is 2.41 bits per heavy atom. The third kappa shape index (κ3) is 3.21. The van der Waals surface area contributed by atoms with Crippen molar-refractivity contribution in [1.82, 2.24) is 4.31 Å². The Hall–Kier alpha value is -0.910. The van der Waals surface area contributed by atoms with E-state index in [1.165, 1.54) is 5.56 Å². The second-order valence-corrected chi connectivity index (χ2v) is 8.71. The van der Waals surface area contributed by atoms with Gasteiger partial charge in [0.05, 0.1) is 5.25 Å². The molecule has 0 aliphatic carbocycles. The maximum absolute atomic E-state index is 12.8. The van der Waals surface area contributed by atoms with Gasteiger partial charge in [0.25, 0.3) is 0 Å². The van der Waals surface area contributed by atoms with Gasteiger partial charge in [0, 0.05) is 26.3 Å². The highest BCUT2D eigenvalue weighted by Gasteiger charge is 2.38. The molecular weight excluding hydrogens is 298 g/mol. The molecule has 4 nitrogen and oxygen atoms in total. The fraction of sp³-hybridized carbons (Fsp3) is 0.647. The van der Waals surface area contributed by atoms with Gasteiger partial charge < -0.3 is 4.74 Å². The van der Waals surface area contributed by atoms with E-state index in [-0.39, 0.29) is 5.25 Å². The molecule has 1 aromatic rings. The molecule has 2 atom stereocenters. The van der Waals surface area contributed by atoms with E-state index in [1.807, 2.05) is 6.07 Å². The minimum atomic E-state index is -3.17. The summed E-state index contributed by atoms with van der Waals surface area (Å²) in [4.78, 5) is 0. The van der Waals surface area contributed by atoms with Crippen LogP contribution in [0.3, 0.4) is 0 Å². The minimum absolute atomic E-state index is 0.248. The number of piperidine rings is 1. The van der Waals surface area contributed by atoms with Gasteiger partial charge in [-0.3, -0.25) is 0 Å². The molecule has 0 bridgehead atoms. The molecule has 0 amide bonds. The van der Waals surface area contributed by atoms with E-state index >= 15 is 0 Å². The van der Waals surface area contributed by atoms with Gasteiger partial charge in [-0.2, -0.15) is 0 Å². The normalized spacial score (nSPS) is 28.6. The molecule has 0 spiro atoms. The van der Waals surface area contributed by atoms with Gasteiger partial charge in [0.1, 0.15) is 0 Å². The van der Waals surface area contributed by atoms with Gasteiger partial charge >= 0.3 is 0 Å². The smallest absolute Gasteiger partial charge is 0.217 e. The van der Waals surface area contributed by atoms with Crippen LogP contribution in [-0.2, 0) is 14.8 Å². The van der Waals surface area contributed by atoms with Crippen LogP contribution in [0.4, 0.5) is 0 Å². The summed E-state index contributed by atoms with van der Waals surface area (Å²) >= 11 is 0. The van der Waals surface area contributed by atoms with Crippen LogP contribution in [-0.4, -0.2) is 44.3 Å². The topological polar surface area (TPSA) is 46.6 Å².